The summed E-state index contributed by atoms with van der Waals surface area (Å²) in [4.78, 5) is 0. The Bertz CT molecular complexity index is 396. The maximum absolute atomic E-state index is 12.6. The van der Waals surface area contributed by atoms with Crippen molar-refractivity contribution < 1.29 is 17.9 Å². The lowest BCUT2D eigenvalue weighted by Crippen LogP contribution is -2.10. The van der Waals surface area contributed by atoms with Crippen molar-refractivity contribution in [3.8, 4) is 0 Å². The standard InChI is InChI=1S/C10H10F3NO/c1-5-7(10(11,12)13)2-6(3-8(5)14)9-4-15-9/h2-3,9H,4,14H2,1H3. The van der Waals surface area contributed by atoms with E-state index >= 15 is 0 Å². The molecule has 1 aliphatic rings. The van der Waals surface area contributed by atoms with E-state index in [1.54, 1.807) is 6.07 Å². The molecule has 1 saturated heterocycles. The van der Waals surface area contributed by atoms with Crippen molar-refractivity contribution in [2.75, 3.05) is 12.3 Å². The van der Waals surface area contributed by atoms with Gasteiger partial charge in [-0.3, -0.25) is 0 Å². The van der Waals surface area contributed by atoms with Crippen LogP contribution in [-0.2, 0) is 10.9 Å². The number of epoxide rings is 1. The predicted octanol–water partition coefficient (Wildman–Crippen LogP) is 2.67. The molecule has 1 fully saturated rings. The Morgan fingerprint density at radius 1 is 1.40 bits per heavy atom. The Balaban J connectivity index is 2.52. The molecule has 0 aromatic heterocycles. The summed E-state index contributed by atoms with van der Waals surface area (Å²) >= 11 is 0. The Morgan fingerprint density at radius 2 is 2.00 bits per heavy atom. The van der Waals surface area contributed by atoms with Crippen LogP contribution >= 0.6 is 0 Å². The van der Waals surface area contributed by atoms with Crippen molar-refractivity contribution in [1.29, 1.82) is 0 Å². The van der Waals surface area contributed by atoms with Crippen molar-refractivity contribution in [2.24, 2.45) is 0 Å². The molecule has 2 N–H and O–H groups in total. The summed E-state index contributed by atoms with van der Waals surface area (Å²) in [5.41, 5.74) is 5.60. The number of ether oxygens (including phenoxy) is 1. The van der Waals surface area contributed by atoms with Crippen molar-refractivity contribution >= 4 is 5.69 Å². The summed E-state index contributed by atoms with van der Waals surface area (Å²) in [5, 5.41) is 0. The fourth-order valence-corrected chi connectivity index (χ4v) is 1.48. The summed E-state index contributed by atoms with van der Waals surface area (Å²) in [7, 11) is 0. The highest BCUT2D eigenvalue weighted by Gasteiger charge is 2.35. The highest BCUT2D eigenvalue weighted by Crippen LogP contribution is 2.39. The topological polar surface area (TPSA) is 38.5 Å². The van der Waals surface area contributed by atoms with Gasteiger partial charge in [0.25, 0.3) is 0 Å². The van der Waals surface area contributed by atoms with E-state index in [4.69, 9.17) is 10.5 Å². The van der Waals surface area contributed by atoms with E-state index in [9.17, 15) is 13.2 Å². The summed E-state index contributed by atoms with van der Waals surface area (Å²) in [6.07, 6.45) is -4.57. The molecule has 1 atom stereocenters. The van der Waals surface area contributed by atoms with Gasteiger partial charge >= 0.3 is 6.18 Å². The first-order valence-electron chi connectivity index (χ1n) is 4.48. The summed E-state index contributed by atoms with van der Waals surface area (Å²) in [5.74, 6) is 0. The third-order valence-corrected chi connectivity index (χ3v) is 2.48. The second kappa shape index (κ2) is 3.13. The largest absolute Gasteiger partial charge is 0.416 e. The van der Waals surface area contributed by atoms with Gasteiger partial charge in [0.2, 0.25) is 0 Å². The number of rotatable bonds is 1. The zero-order valence-electron chi connectivity index (χ0n) is 8.06. The Morgan fingerprint density at radius 3 is 2.47 bits per heavy atom. The van der Waals surface area contributed by atoms with Gasteiger partial charge < -0.3 is 10.5 Å². The summed E-state index contributed by atoms with van der Waals surface area (Å²) in [6.45, 7) is 1.84. The number of halogens is 3. The lowest BCUT2D eigenvalue weighted by Gasteiger charge is -2.13. The molecule has 1 aromatic carbocycles. The fraction of sp³-hybridized carbons (Fsp3) is 0.400. The van der Waals surface area contributed by atoms with Crippen molar-refractivity contribution in [1.82, 2.24) is 0 Å². The predicted molar refractivity (Wildman–Crippen MR) is 49.3 cm³/mol. The minimum absolute atomic E-state index is 0.0758. The average molecular weight is 217 g/mol. The number of nitrogen functional groups attached to an aromatic ring is 1. The van der Waals surface area contributed by atoms with Crippen LogP contribution in [0.15, 0.2) is 12.1 Å². The second-order valence-electron chi connectivity index (χ2n) is 3.60. The molecule has 1 heterocycles. The molecule has 0 spiro atoms. The lowest BCUT2D eigenvalue weighted by atomic mass is 10.0. The minimum Gasteiger partial charge on any atom is -0.398 e. The van der Waals surface area contributed by atoms with Gasteiger partial charge in [0.1, 0.15) is 6.10 Å². The Hall–Kier alpha value is -1.23. The maximum Gasteiger partial charge on any atom is 0.416 e. The Labute approximate surface area is 84.8 Å². The van der Waals surface area contributed by atoms with Crippen molar-refractivity contribution in [3.05, 3.63) is 28.8 Å². The molecule has 0 saturated carbocycles. The maximum atomic E-state index is 12.6. The van der Waals surface area contributed by atoms with E-state index in [0.717, 1.165) is 6.07 Å². The summed E-state index contributed by atoms with van der Waals surface area (Å²) < 4.78 is 42.7. The molecule has 0 aliphatic carbocycles. The van der Waals surface area contributed by atoms with Crippen LogP contribution in [0.4, 0.5) is 18.9 Å². The highest BCUT2D eigenvalue weighted by atomic mass is 19.4. The first kappa shape index (κ1) is 10.3. The van der Waals surface area contributed by atoms with Gasteiger partial charge in [-0.15, -0.1) is 0 Å². The van der Waals surface area contributed by atoms with Crippen LogP contribution in [0.2, 0.25) is 0 Å². The normalized spacial score (nSPS) is 20.4. The number of anilines is 1. The number of alkyl halides is 3. The van der Waals surface area contributed by atoms with Crippen LogP contribution < -0.4 is 5.73 Å². The molecule has 0 bridgehead atoms. The van der Waals surface area contributed by atoms with E-state index in [1.807, 2.05) is 0 Å². The average Bonchev–Trinajstić information content (AvgIpc) is 2.90. The number of hydrogen-bond acceptors (Lipinski definition) is 2. The zero-order chi connectivity index (χ0) is 11.2. The zero-order valence-corrected chi connectivity index (χ0v) is 8.06. The van der Waals surface area contributed by atoms with Gasteiger partial charge in [0.05, 0.1) is 12.2 Å². The van der Waals surface area contributed by atoms with Gasteiger partial charge in [0, 0.05) is 5.69 Å². The molecule has 1 aliphatic heterocycles. The molecular weight excluding hydrogens is 207 g/mol. The van der Waals surface area contributed by atoms with Gasteiger partial charge in [-0.25, -0.2) is 0 Å². The van der Waals surface area contributed by atoms with Gasteiger partial charge in [-0.1, -0.05) is 0 Å². The monoisotopic (exact) mass is 217 g/mol. The van der Waals surface area contributed by atoms with Crippen molar-refractivity contribution in [2.45, 2.75) is 19.2 Å². The third kappa shape index (κ3) is 1.92. The van der Waals surface area contributed by atoms with Gasteiger partial charge in [-0.05, 0) is 30.2 Å². The minimum atomic E-state index is -4.36. The summed E-state index contributed by atoms with van der Waals surface area (Å²) in [6, 6.07) is 2.66. The molecule has 0 amide bonds. The van der Waals surface area contributed by atoms with Crippen LogP contribution in [0.25, 0.3) is 0 Å². The number of benzene rings is 1. The van der Waals surface area contributed by atoms with Gasteiger partial charge in [-0.2, -0.15) is 13.2 Å². The Kier molecular flexibility index (Phi) is 2.15. The van der Waals surface area contributed by atoms with E-state index in [-0.39, 0.29) is 17.4 Å². The van der Waals surface area contributed by atoms with Gasteiger partial charge in [0.15, 0.2) is 0 Å². The molecule has 2 rings (SSSR count). The van der Waals surface area contributed by atoms with Crippen LogP contribution in [-0.4, -0.2) is 6.61 Å². The quantitative estimate of drug-likeness (QED) is 0.580. The molecule has 1 aromatic rings. The SMILES string of the molecule is Cc1c(N)cc(C2CO2)cc1C(F)(F)F. The number of hydrogen-bond donors (Lipinski definition) is 1. The first-order valence-corrected chi connectivity index (χ1v) is 4.48. The molecule has 0 radical (unpaired) electrons. The van der Waals surface area contributed by atoms with Crippen molar-refractivity contribution in [3.63, 3.8) is 0 Å². The molecule has 2 nitrogen and oxygen atoms in total. The third-order valence-electron chi connectivity index (χ3n) is 2.48. The fourth-order valence-electron chi connectivity index (χ4n) is 1.48. The lowest BCUT2D eigenvalue weighted by molar-refractivity contribution is -0.138. The molecular formula is C10H10F3NO. The van der Waals surface area contributed by atoms with Crippen LogP contribution in [0, 0.1) is 6.92 Å². The molecule has 82 valence electrons. The molecule has 5 heteroatoms. The first-order chi connectivity index (χ1) is 6.89. The van der Waals surface area contributed by atoms with Crippen LogP contribution in [0.1, 0.15) is 22.8 Å². The molecule has 15 heavy (non-hydrogen) atoms. The van der Waals surface area contributed by atoms with Crippen LogP contribution in [0.5, 0.6) is 0 Å². The van der Waals surface area contributed by atoms with E-state index < -0.39 is 11.7 Å². The van der Waals surface area contributed by atoms with E-state index in [1.165, 1.54) is 6.92 Å². The smallest absolute Gasteiger partial charge is 0.398 e. The van der Waals surface area contributed by atoms with E-state index in [0.29, 0.717) is 12.2 Å². The second-order valence-corrected chi connectivity index (χ2v) is 3.60. The number of nitrogens with two attached hydrogens (primary N) is 1. The highest BCUT2D eigenvalue weighted by molar-refractivity contribution is 5.54. The van der Waals surface area contributed by atoms with Crippen LogP contribution in [0.3, 0.4) is 0 Å². The van der Waals surface area contributed by atoms with E-state index in [2.05, 4.69) is 0 Å². The molecule has 1 unspecified atom stereocenters.